The molecular weight excluding hydrogens is 421 g/mol. The Bertz CT molecular complexity index is 1210. The van der Waals surface area contributed by atoms with Gasteiger partial charge in [0.2, 0.25) is 0 Å². The number of amides is 1. The third-order valence-electron chi connectivity index (χ3n) is 5.48. The van der Waals surface area contributed by atoms with Gasteiger partial charge in [0.25, 0.3) is 0 Å². The molecule has 0 radical (unpaired) electrons. The summed E-state index contributed by atoms with van der Waals surface area (Å²) in [7, 11) is 0. The van der Waals surface area contributed by atoms with Crippen LogP contribution in [-0.2, 0) is 16.0 Å². The van der Waals surface area contributed by atoms with E-state index >= 15 is 0 Å². The topological polar surface area (TPSA) is 75.6 Å². The Morgan fingerprint density at radius 2 is 1.67 bits per heavy atom. The number of carboxylic acids is 1. The van der Waals surface area contributed by atoms with Gasteiger partial charge in [-0.1, -0.05) is 60.4 Å². The highest BCUT2D eigenvalue weighted by Gasteiger charge is 2.28. The van der Waals surface area contributed by atoms with Gasteiger partial charge in [-0.2, -0.15) is 0 Å². The number of aliphatic carboxylic acids is 1. The fourth-order valence-electron chi connectivity index (χ4n) is 3.99. The maximum atomic E-state index is 13.6. The number of carboxylic acid groups (broad SMARTS) is 1. The van der Waals surface area contributed by atoms with Crippen LogP contribution in [0.1, 0.15) is 34.6 Å². The Morgan fingerprint density at radius 1 is 1.00 bits per heavy atom. The molecule has 0 fully saturated rings. The molecule has 33 heavy (non-hydrogen) atoms. The lowest BCUT2D eigenvalue weighted by Crippen LogP contribution is -2.26. The molecule has 4 rings (SSSR count). The molecule has 3 aromatic rings. The first-order chi connectivity index (χ1) is 16.0. The van der Waals surface area contributed by atoms with Gasteiger partial charge in [-0.15, -0.1) is 0 Å². The van der Waals surface area contributed by atoms with Gasteiger partial charge in [0.05, 0.1) is 6.42 Å². The standard InChI is InChI=1S/C27H22FNO4/c28-25-13-12-18(15-19(25)16-26(30)31)7-5-6-14-29-27(32)33-17-24-22-10-3-1-8-20(22)21-9-2-4-11-23(21)24/h1-4,8-13,15,24H,6,14,16-17H2,(H,29,32)(H,30,31). The fourth-order valence-corrected chi connectivity index (χ4v) is 3.99. The second-order valence-electron chi connectivity index (χ2n) is 7.68. The van der Waals surface area contributed by atoms with Crippen LogP contribution < -0.4 is 5.32 Å². The van der Waals surface area contributed by atoms with E-state index in [2.05, 4.69) is 41.4 Å². The summed E-state index contributed by atoms with van der Waals surface area (Å²) in [6, 6.07) is 20.4. The summed E-state index contributed by atoms with van der Waals surface area (Å²) in [6.45, 7) is 0.542. The normalized spacial score (nSPS) is 11.7. The summed E-state index contributed by atoms with van der Waals surface area (Å²) in [5, 5.41) is 11.5. The summed E-state index contributed by atoms with van der Waals surface area (Å²) in [6.07, 6.45) is -0.537. The third kappa shape index (κ3) is 5.21. The Balaban J connectivity index is 1.28. The first-order valence-electron chi connectivity index (χ1n) is 10.6. The van der Waals surface area contributed by atoms with Crippen molar-refractivity contribution >= 4 is 12.1 Å². The highest BCUT2D eigenvalue weighted by molar-refractivity contribution is 5.79. The van der Waals surface area contributed by atoms with Crippen molar-refractivity contribution in [2.75, 3.05) is 13.2 Å². The van der Waals surface area contributed by atoms with Gasteiger partial charge in [0.15, 0.2) is 0 Å². The van der Waals surface area contributed by atoms with E-state index in [1.807, 2.05) is 24.3 Å². The zero-order chi connectivity index (χ0) is 23.2. The van der Waals surface area contributed by atoms with Crippen molar-refractivity contribution in [3.63, 3.8) is 0 Å². The molecule has 0 aliphatic heterocycles. The van der Waals surface area contributed by atoms with Crippen LogP contribution in [0.4, 0.5) is 9.18 Å². The Kier molecular flexibility index (Phi) is 6.70. The van der Waals surface area contributed by atoms with E-state index in [-0.39, 0.29) is 18.1 Å². The first-order valence-corrected chi connectivity index (χ1v) is 10.6. The number of halogens is 1. The van der Waals surface area contributed by atoms with Crippen LogP contribution in [-0.4, -0.2) is 30.3 Å². The fraction of sp³-hybridized carbons (Fsp3) is 0.185. The maximum Gasteiger partial charge on any atom is 0.407 e. The average Bonchev–Trinajstić information content (AvgIpc) is 3.13. The van der Waals surface area contributed by atoms with E-state index in [1.165, 1.54) is 29.3 Å². The first kappa shape index (κ1) is 22.1. The van der Waals surface area contributed by atoms with Crippen LogP contribution in [0.3, 0.4) is 0 Å². The van der Waals surface area contributed by atoms with Crippen molar-refractivity contribution in [2.45, 2.75) is 18.8 Å². The molecule has 6 heteroatoms. The molecule has 2 N–H and O–H groups in total. The number of hydrogen-bond acceptors (Lipinski definition) is 3. The number of carbonyl (C=O) groups excluding carboxylic acids is 1. The number of rotatable bonds is 6. The Labute approximate surface area is 191 Å². The van der Waals surface area contributed by atoms with Crippen molar-refractivity contribution in [3.8, 4) is 23.0 Å². The molecule has 3 aromatic carbocycles. The summed E-state index contributed by atoms with van der Waals surface area (Å²) in [4.78, 5) is 23.0. The number of benzene rings is 3. The van der Waals surface area contributed by atoms with Crippen molar-refractivity contribution in [1.82, 2.24) is 5.32 Å². The predicted molar refractivity (Wildman–Crippen MR) is 122 cm³/mol. The van der Waals surface area contributed by atoms with E-state index in [0.717, 1.165) is 11.1 Å². The van der Waals surface area contributed by atoms with Crippen LogP contribution in [0.25, 0.3) is 11.1 Å². The number of ether oxygens (including phenoxy) is 1. The van der Waals surface area contributed by atoms with Gasteiger partial charge >= 0.3 is 12.1 Å². The number of alkyl carbamates (subject to hydrolysis) is 1. The summed E-state index contributed by atoms with van der Waals surface area (Å²) in [5.41, 5.74) is 5.26. The Morgan fingerprint density at radius 3 is 2.33 bits per heavy atom. The van der Waals surface area contributed by atoms with Crippen molar-refractivity contribution in [2.24, 2.45) is 0 Å². The van der Waals surface area contributed by atoms with Gasteiger partial charge in [-0.05, 0) is 40.5 Å². The second kappa shape index (κ2) is 10.0. The van der Waals surface area contributed by atoms with Gasteiger partial charge < -0.3 is 15.2 Å². The highest BCUT2D eigenvalue weighted by Crippen LogP contribution is 2.44. The molecule has 0 heterocycles. The molecule has 0 bridgehead atoms. The minimum atomic E-state index is -1.11. The van der Waals surface area contributed by atoms with E-state index in [0.29, 0.717) is 18.5 Å². The molecule has 0 aromatic heterocycles. The molecule has 0 spiro atoms. The smallest absolute Gasteiger partial charge is 0.407 e. The minimum absolute atomic E-state index is 0.00131. The van der Waals surface area contributed by atoms with Crippen molar-refractivity contribution < 1.29 is 23.8 Å². The van der Waals surface area contributed by atoms with Crippen LogP contribution in [0.15, 0.2) is 66.7 Å². The van der Waals surface area contributed by atoms with Crippen LogP contribution >= 0.6 is 0 Å². The highest BCUT2D eigenvalue weighted by atomic mass is 19.1. The minimum Gasteiger partial charge on any atom is -0.481 e. The number of fused-ring (bicyclic) bond motifs is 3. The monoisotopic (exact) mass is 443 g/mol. The van der Waals surface area contributed by atoms with Crippen LogP contribution in [0.2, 0.25) is 0 Å². The summed E-state index contributed by atoms with van der Waals surface area (Å²) < 4.78 is 19.1. The van der Waals surface area contributed by atoms with Crippen molar-refractivity contribution in [1.29, 1.82) is 0 Å². The predicted octanol–water partition coefficient (Wildman–Crippen LogP) is 4.73. The lowest BCUT2D eigenvalue weighted by molar-refractivity contribution is -0.136. The molecule has 166 valence electrons. The summed E-state index contributed by atoms with van der Waals surface area (Å²) >= 11 is 0. The van der Waals surface area contributed by atoms with E-state index in [4.69, 9.17) is 9.84 Å². The zero-order valence-corrected chi connectivity index (χ0v) is 17.8. The molecule has 0 unspecified atom stereocenters. The molecule has 1 amide bonds. The molecule has 5 nitrogen and oxygen atoms in total. The average molecular weight is 443 g/mol. The van der Waals surface area contributed by atoms with Gasteiger partial charge in [-0.25, -0.2) is 9.18 Å². The zero-order valence-electron chi connectivity index (χ0n) is 17.8. The number of nitrogens with one attached hydrogen (secondary N) is 1. The van der Waals surface area contributed by atoms with Gasteiger partial charge in [0, 0.05) is 30.0 Å². The van der Waals surface area contributed by atoms with E-state index < -0.39 is 24.3 Å². The summed E-state index contributed by atoms with van der Waals surface area (Å²) in [5.74, 6) is 4.07. The molecular formula is C27H22FNO4. The SMILES string of the molecule is O=C(O)Cc1cc(C#CCCNC(=O)OCC2c3ccccc3-c3ccccc32)ccc1F. The maximum absolute atomic E-state index is 13.6. The second-order valence-corrected chi connectivity index (χ2v) is 7.68. The van der Waals surface area contributed by atoms with Gasteiger partial charge in [0.1, 0.15) is 12.4 Å². The molecule has 1 aliphatic carbocycles. The van der Waals surface area contributed by atoms with Crippen LogP contribution in [0, 0.1) is 17.7 Å². The third-order valence-corrected chi connectivity index (χ3v) is 5.48. The Hall–Kier alpha value is -4.11. The van der Waals surface area contributed by atoms with E-state index in [9.17, 15) is 14.0 Å². The lowest BCUT2D eigenvalue weighted by atomic mass is 9.98. The molecule has 0 saturated heterocycles. The quantitative estimate of drug-likeness (QED) is 0.427. The lowest BCUT2D eigenvalue weighted by Gasteiger charge is -2.14. The van der Waals surface area contributed by atoms with Crippen LogP contribution in [0.5, 0.6) is 0 Å². The van der Waals surface area contributed by atoms with E-state index in [1.54, 1.807) is 0 Å². The largest absolute Gasteiger partial charge is 0.481 e. The molecule has 0 atom stereocenters. The number of hydrogen-bond donors (Lipinski definition) is 2. The molecule has 1 aliphatic rings. The van der Waals surface area contributed by atoms with Gasteiger partial charge in [-0.3, -0.25) is 4.79 Å². The number of carbonyl (C=O) groups is 2. The molecule has 0 saturated carbocycles. The van der Waals surface area contributed by atoms with Crippen molar-refractivity contribution in [3.05, 3.63) is 94.8 Å².